The van der Waals surface area contributed by atoms with Crippen molar-refractivity contribution in [2.75, 3.05) is 4.90 Å². The van der Waals surface area contributed by atoms with E-state index in [1.807, 2.05) is 0 Å². The summed E-state index contributed by atoms with van der Waals surface area (Å²) in [4.78, 5) is 2.43. The first-order valence-corrected chi connectivity index (χ1v) is 20.6. The smallest absolute Gasteiger partial charge is 0.0547 e. The number of hydrogen-bond donors (Lipinski definition) is 0. The van der Waals surface area contributed by atoms with Crippen LogP contribution in [-0.2, 0) is 5.41 Å². The average Bonchev–Trinajstić information content (AvgIpc) is 3.76. The van der Waals surface area contributed by atoms with Gasteiger partial charge in [0.25, 0.3) is 0 Å². The van der Waals surface area contributed by atoms with Crippen LogP contribution in [0.5, 0.6) is 0 Å². The highest BCUT2D eigenvalue weighted by molar-refractivity contribution is 6.28. The van der Waals surface area contributed by atoms with Crippen molar-refractivity contribution in [3.05, 3.63) is 217 Å². The normalized spacial score (nSPS) is 13.1. The molecule has 0 aliphatic heterocycles. The predicted octanol–water partition coefficient (Wildman–Crippen LogP) is 15.7. The summed E-state index contributed by atoms with van der Waals surface area (Å²) in [5.74, 6) is 0. The molecule has 12 rings (SSSR count). The molecule has 2 heteroatoms. The molecular weight excluding hydrogens is 713 g/mol. The van der Waals surface area contributed by atoms with Gasteiger partial charge in [-0.3, -0.25) is 0 Å². The van der Waals surface area contributed by atoms with Crippen molar-refractivity contribution in [3.8, 4) is 27.9 Å². The Morgan fingerprint density at radius 2 is 0.898 bits per heavy atom. The molecule has 0 fully saturated rings. The van der Waals surface area contributed by atoms with E-state index in [9.17, 15) is 0 Å². The molecule has 2 nitrogen and oxygen atoms in total. The number of fused-ring (bicyclic) bond motifs is 11. The van der Waals surface area contributed by atoms with Gasteiger partial charge in [0.2, 0.25) is 0 Å². The zero-order chi connectivity index (χ0) is 39.2. The van der Waals surface area contributed by atoms with Crippen molar-refractivity contribution in [2.45, 2.75) is 19.3 Å². The lowest BCUT2D eigenvalue weighted by molar-refractivity contribution is 0.660. The van der Waals surface area contributed by atoms with Crippen molar-refractivity contribution in [3.63, 3.8) is 0 Å². The first kappa shape index (κ1) is 33.7. The van der Waals surface area contributed by atoms with E-state index in [-0.39, 0.29) is 5.41 Å². The quantitative estimate of drug-likeness (QED) is 0.170. The molecule has 278 valence electrons. The third kappa shape index (κ3) is 5.06. The maximum Gasteiger partial charge on any atom is 0.0547 e. The third-order valence-corrected chi connectivity index (χ3v) is 13.0. The van der Waals surface area contributed by atoms with E-state index in [0.717, 1.165) is 17.1 Å². The third-order valence-electron chi connectivity index (χ3n) is 13.0. The number of hydrogen-bond acceptors (Lipinski definition) is 1. The Balaban J connectivity index is 0.959. The summed E-state index contributed by atoms with van der Waals surface area (Å²) in [5.41, 5.74) is 14.7. The van der Waals surface area contributed by atoms with Crippen molar-refractivity contribution >= 4 is 71.2 Å². The van der Waals surface area contributed by atoms with Crippen LogP contribution in [0, 0.1) is 0 Å². The lowest BCUT2D eigenvalue weighted by Gasteiger charge is -2.29. The summed E-state index contributed by atoms with van der Waals surface area (Å²) in [6, 6.07) is 76.1. The fraction of sp³-hybridized carbons (Fsp3) is 0.0526. The molecule has 0 spiro atoms. The van der Waals surface area contributed by atoms with Gasteiger partial charge in [-0.15, -0.1) is 0 Å². The molecule has 0 N–H and O–H groups in total. The molecular formula is C57H40N2. The maximum atomic E-state index is 2.44. The van der Waals surface area contributed by atoms with Crippen molar-refractivity contribution in [1.82, 2.24) is 4.57 Å². The molecule has 1 heterocycles. The highest BCUT2D eigenvalue weighted by Gasteiger charge is 2.35. The minimum absolute atomic E-state index is 0.0941. The molecule has 1 aliphatic rings. The van der Waals surface area contributed by atoms with Crippen LogP contribution in [0.15, 0.2) is 206 Å². The predicted molar refractivity (Wildman–Crippen MR) is 251 cm³/mol. The van der Waals surface area contributed by atoms with Crippen molar-refractivity contribution in [2.24, 2.45) is 0 Å². The Hall–Kier alpha value is -7.42. The van der Waals surface area contributed by atoms with Crippen LogP contribution < -0.4 is 4.90 Å². The van der Waals surface area contributed by atoms with E-state index in [1.165, 1.54) is 93.2 Å². The molecule has 1 aromatic heterocycles. The fourth-order valence-corrected chi connectivity index (χ4v) is 10.1. The molecule has 0 saturated heterocycles. The molecule has 0 unspecified atom stereocenters. The van der Waals surface area contributed by atoms with Crippen LogP contribution in [0.4, 0.5) is 17.1 Å². The van der Waals surface area contributed by atoms with Gasteiger partial charge >= 0.3 is 0 Å². The van der Waals surface area contributed by atoms with Crippen molar-refractivity contribution in [1.29, 1.82) is 0 Å². The van der Waals surface area contributed by atoms with Gasteiger partial charge in [-0.05, 0) is 115 Å². The first-order chi connectivity index (χ1) is 29.0. The van der Waals surface area contributed by atoms with Gasteiger partial charge in [0.15, 0.2) is 0 Å². The molecule has 59 heavy (non-hydrogen) atoms. The number of anilines is 3. The summed E-state index contributed by atoms with van der Waals surface area (Å²) in [6.07, 6.45) is 0. The molecule has 0 saturated carbocycles. The summed E-state index contributed by atoms with van der Waals surface area (Å²) < 4.78 is 2.44. The van der Waals surface area contributed by atoms with Gasteiger partial charge < -0.3 is 9.47 Å². The number of aromatic nitrogens is 1. The molecule has 11 aromatic rings. The number of nitrogens with zero attached hydrogens (tertiary/aromatic N) is 2. The first-order valence-electron chi connectivity index (χ1n) is 20.6. The maximum absolute atomic E-state index is 2.44. The zero-order valence-electron chi connectivity index (χ0n) is 33.0. The lowest BCUT2D eigenvalue weighted by Crippen LogP contribution is -2.16. The van der Waals surface area contributed by atoms with E-state index in [2.05, 4.69) is 230 Å². The van der Waals surface area contributed by atoms with Crippen molar-refractivity contribution < 1.29 is 0 Å². The largest absolute Gasteiger partial charge is 0.310 e. The van der Waals surface area contributed by atoms with Crippen LogP contribution >= 0.6 is 0 Å². The molecule has 0 atom stereocenters. The second kappa shape index (κ2) is 12.8. The van der Waals surface area contributed by atoms with Crippen LogP contribution in [-0.4, -0.2) is 4.57 Å². The monoisotopic (exact) mass is 752 g/mol. The molecule has 0 radical (unpaired) electrons. The Bertz CT molecular complexity index is 3360. The Labute approximate surface area is 343 Å². The molecule has 0 amide bonds. The van der Waals surface area contributed by atoms with Crippen LogP contribution in [0.2, 0.25) is 0 Å². The summed E-state index contributed by atoms with van der Waals surface area (Å²) >= 11 is 0. The SMILES string of the molecule is CC1(C)c2ccccc2-c2ccc(N(c3ccc(-c4ccc(-n5c6ccc7ccccc7c6c6c7ccccc7ccc65)cc4)cc3)c3cccc4ccccc34)cc21. The number of benzene rings is 10. The average molecular weight is 753 g/mol. The van der Waals surface area contributed by atoms with E-state index in [1.54, 1.807) is 0 Å². The van der Waals surface area contributed by atoms with Gasteiger partial charge in [0, 0.05) is 38.6 Å². The van der Waals surface area contributed by atoms with Crippen LogP contribution in [0.3, 0.4) is 0 Å². The highest BCUT2D eigenvalue weighted by atomic mass is 15.1. The van der Waals surface area contributed by atoms with Gasteiger partial charge in [0.05, 0.1) is 16.7 Å². The Morgan fingerprint density at radius 3 is 1.56 bits per heavy atom. The van der Waals surface area contributed by atoms with E-state index in [0.29, 0.717) is 0 Å². The standard InChI is InChI=1S/C57H40N2/c1-57(2)50-20-10-9-19-48(50)49-33-32-44(36-51(49)57)58(52-21-11-15-39-12-3-6-16-45(39)52)42-28-22-37(23-29-42)38-24-30-43(31-25-38)59-53-34-26-40-13-4-7-17-46(40)55(53)56-47-18-8-5-14-41(47)27-35-54(56)59/h3-36H,1-2H3. The second-order valence-corrected chi connectivity index (χ2v) is 16.5. The zero-order valence-corrected chi connectivity index (χ0v) is 33.0. The summed E-state index contributed by atoms with van der Waals surface area (Å²) in [7, 11) is 0. The highest BCUT2D eigenvalue weighted by Crippen LogP contribution is 2.51. The Kier molecular flexibility index (Phi) is 7.31. The summed E-state index contributed by atoms with van der Waals surface area (Å²) in [5, 5.41) is 10.2. The van der Waals surface area contributed by atoms with Crippen LogP contribution in [0.1, 0.15) is 25.0 Å². The minimum atomic E-state index is -0.0941. The van der Waals surface area contributed by atoms with E-state index >= 15 is 0 Å². The van der Waals surface area contributed by atoms with Gasteiger partial charge in [-0.25, -0.2) is 0 Å². The summed E-state index contributed by atoms with van der Waals surface area (Å²) in [6.45, 7) is 4.71. The number of rotatable bonds is 5. The fourth-order valence-electron chi connectivity index (χ4n) is 10.1. The van der Waals surface area contributed by atoms with E-state index in [4.69, 9.17) is 0 Å². The van der Waals surface area contributed by atoms with E-state index < -0.39 is 0 Å². The van der Waals surface area contributed by atoms with Crippen LogP contribution in [0.25, 0.3) is 82.1 Å². The van der Waals surface area contributed by atoms with Gasteiger partial charge in [0.1, 0.15) is 0 Å². The molecule has 1 aliphatic carbocycles. The Morgan fingerprint density at radius 1 is 0.390 bits per heavy atom. The molecule has 10 aromatic carbocycles. The van der Waals surface area contributed by atoms with Gasteiger partial charge in [-0.2, -0.15) is 0 Å². The lowest BCUT2D eigenvalue weighted by atomic mass is 9.82. The minimum Gasteiger partial charge on any atom is -0.310 e. The van der Waals surface area contributed by atoms with Gasteiger partial charge in [-0.1, -0.05) is 166 Å². The second-order valence-electron chi connectivity index (χ2n) is 16.5. The topological polar surface area (TPSA) is 8.17 Å². The molecule has 0 bridgehead atoms.